The molecule has 5 nitrogen and oxygen atoms in total. The molecule has 0 amide bonds. The fourth-order valence-electron chi connectivity index (χ4n) is 3.16. The maximum atomic E-state index is 13.8. The minimum atomic E-state index is -0.472. The number of nitrogens with one attached hydrogen (secondary N) is 2. The first-order chi connectivity index (χ1) is 11.7. The Morgan fingerprint density at radius 1 is 1.50 bits per heavy atom. The van der Waals surface area contributed by atoms with Crippen molar-refractivity contribution in [2.45, 2.75) is 31.9 Å². The van der Waals surface area contributed by atoms with Gasteiger partial charge in [-0.25, -0.2) is 4.39 Å². The van der Waals surface area contributed by atoms with Crippen LogP contribution in [0.3, 0.4) is 0 Å². The summed E-state index contributed by atoms with van der Waals surface area (Å²) in [4.78, 5) is 0. The van der Waals surface area contributed by atoms with Gasteiger partial charge < -0.3 is 10.1 Å². The summed E-state index contributed by atoms with van der Waals surface area (Å²) < 4.78 is 19.7. The van der Waals surface area contributed by atoms with E-state index >= 15 is 0 Å². The smallest absolute Gasteiger partial charge is 0.141 e. The average Bonchev–Trinajstić information content (AvgIpc) is 3.14. The molecule has 3 rings (SSSR count). The predicted octanol–water partition coefficient (Wildman–Crippen LogP) is 3.24. The van der Waals surface area contributed by atoms with Gasteiger partial charge in [-0.05, 0) is 43.5 Å². The molecule has 2 heterocycles. The van der Waals surface area contributed by atoms with Gasteiger partial charge in [-0.3, -0.25) is 5.10 Å². The molecular weight excluding hydrogens is 307 g/mol. The summed E-state index contributed by atoms with van der Waals surface area (Å²) in [5.41, 5.74) is 1.91. The summed E-state index contributed by atoms with van der Waals surface area (Å²) in [5.74, 6) is -0.134. The molecule has 1 aliphatic rings. The molecule has 1 aliphatic heterocycles. The lowest BCUT2D eigenvalue weighted by atomic mass is 9.91. The van der Waals surface area contributed by atoms with Crippen LogP contribution in [0.2, 0.25) is 0 Å². The van der Waals surface area contributed by atoms with Crippen molar-refractivity contribution < 1.29 is 9.13 Å². The fraction of sp³-hybridized carbons (Fsp3) is 0.444. The minimum absolute atomic E-state index is 0.00316. The molecule has 0 spiro atoms. The molecule has 0 saturated carbocycles. The molecule has 24 heavy (non-hydrogen) atoms. The second-order valence-electron chi connectivity index (χ2n) is 6.19. The second kappa shape index (κ2) is 7.56. The summed E-state index contributed by atoms with van der Waals surface area (Å²) in [5, 5.41) is 19.3. The zero-order valence-electron chi connectivity index (χ0n) is 13.6. The zero-order chi connectivity index (χ0) is 16.9. The average molecular weight is 328 g/mol. The molecule has 126 valence electrons. The number of aromatic amines is 1. The number of ether oxygens (including phenoxy) is 1. The third-order valence-electron chi connectivity index (χ3n) is 4.57. The third-order valence-corrected chi connectivity index (χ3v) is 4.57. The van der Waals surface area contributed by atoms with E-state index in [9.17, 15) is 4.39 Å². The van der Waals surface area contributed by atoms with Crippen molar-refractivity contribution in [3.8, 4) is 6.07 Å². The highest BCUT2D eigenvalue weighted by molar-refractivity contribution is 5.34. The Morgan fingerprint density at radius 2 is 2.38 bits per heavy atom. The molecular formula is C18H21FN4O. The highest BCUT2D eigenvalue weighted by Gasteiger charge is 2.28. The molecule has 0 bridgehead atoms. The summed E-state index contributed by atoms with van der Waals surface area (Å²) in [7, 11) is 0. The first-order valence-electron chi connectivity index (χ1n) is 8.23. The van der Waals surface area contributed by atoms with Crippen molar-refractivity contribution in [2.24, 2.45) is 5.92 Å². The summed E-state index contributed by atoms with van der Waals surface area (Å²) in [6.07, 6.45) is 3.86. The zero-order valence-corrected chi connectivity index (χ0v) is 13.6. The van der Waals surface area contributed by atoms with Crippen molar-refractivity contribution in [3.05, 3.63) is 53.1 Å². The molecule has 1 saturated heterocycles. The van der Waals surface area contributed by atoms with Crippen LogP contribution in [0.5, 0.6) is 0 Å². The molecule has 1 unspecified atom stereocenters. The van der Waals surface area contributed by atoms with E-state index in [1.54, 1.807) is 12.3 Å². The van der Waals surface area contributed by atoms with Gasteiger partial charge in [0.1, 0.15) is 18.0 Å². The molecule has 1 aromatic carbocycles. The Balaban J connectivity index is 1.63. The number of hydrogen-bond donors (Lipinski definition) is 2. The van der Waals surface area contributed by atoms with E-state index in [-0.39, 0.29) is 17.7 Å². The van der Waals surface area contributed by atoms with Gasteiger partial charge in [0.15, 0.2) is 0 Å². The van der Waals surface area contributed by atoms with Crippen LogP contribution in [0.4, 0.5) is 4.39 Å². The van der Waals surface area contributed by atoms with Crippen LogP contribution in [-0.2, 0) is 4.74 Å². The van der Waals surface area contributed by atoms with E-state index < -0.39 is 5.82 Å². The number of nitriles is 1. The first kappa shape index (κ1) is 16.6. The van der Waals surface area contributed by atoms with Gasteiger partial charge in [0, 0.05) is 31.3 Å². The second-order valence-corrected chi connectivity index (χ2v) is 6.19. The van der Waals surface area contributed by atoms with Gasteiger partial charge >= 0.3 is 0 Å². The number of aromatic nitrogens is 2. The molecule has 1 fully saturated rings. The van der Waals surface area contributed by atoms with Gasteiger partial charge in [0.25, 0.3) is 0 Å². The third kappa shape index (κ3) is 3.64. The highest BCUT2D eigenvalue weighted by Crippen LogP contribution is 2.32. The Labute approximate surface area is 140 Å². The molecule has 3 atom stereocenters. The van der Waals surface area contributed by atoms with E-state index in [0.29, 0.717) is 5.92 Å². The predicted molar refractivity (Wildman–Crippen MR) is 87.5 cm³/mol. The highest BCUT2D eigenvalue weighted by atomic mass is 19.1. The molecule has 1 aromatic heterocycles. The van der Waals surface area contributed by atoms with Crippen molar-refractivity contribution in [3.63, 3.8) is 0 Å². The van der Waals surface area contributed by atoms with Crippen LogP contribution in [0, 0.1) is 23.1 Å². The van der Waals surface area contributed by atoms with E-state index in [0.717, 1.165) is 37.3 Å². The SMILES string of the molecule is CC(NC[C@@H]1CCCO[C@H]1c1ccn[nH]1)c1ccc(C#N)c(F)c1. The Hall–Kier alpha value is -2.23. The van der Waals surface area contributed by atoms with Crippen molar-refractivity contribution in [2.75, 3.05) is 13.2 Å². The number of benzene rings is 1. The lowest BCUT2D eigenvalue weighted by Crippen LogP contribution is -2.33. The van der Waals surface area contributed by atoms with Crippen molar-refractivity contribution >= 4 is 0 Å². The number of rotatable bonds is 5. The Morgan fingerprint density at radius 3 is 3.08 bits per heavy atom. The van der Waals surface area contributed by atoms with E-state index in [4.69, 9.17) is 10.00 Å². The number of hydrogen-bond acceptors (Lipinski definition) is 4. The fourth-order valence-corrected chi connectivity index (χ4v) is 3.16. The lowest BCUT2D eigenvalue weighted by molar-refractivity contribution is -0.0308. The Bertz CT molecular complexity index is 710. The normalized spacial score (nSPS) is 22.0. The van der Waals surface area contributed by atoms with E-state index in [1.165, 1.54) is 12.1 Å². The van der Waals surface area contributed by atoms with Crippen molar-refractivity contribution in [1.29, 1.82) is 5.26 Å². The molecule has 2 aromatic rings. The van der Waals surface area contributed by atoms with Crippen LogP contribution in [0.25, 0.3) is 0 Å². The maximum absolute atomic E-state index is 13.8. The van der Waals surface area contributed by atoms with Crippen LogP contribution >= 0.6 is 0 Å². The Kier molecular flexibility index (Phi) is 5.24. The topological polar surface area (TPSA) is 73.7 Å². The summed E-state index contributed by atoms with van der Waals surface area (Å²) >= 11 is 0. The molecule has 6 heteroatoms. The standard InChI is InChI=1S/C18H21FN4O/c1-12(13-4-5-14(10-20)16(19)9-13)21-11-15-3-2-8-24-18(15)17-6-7-22-23-17/h4-7,9,12,15,18,21H,2-3,8,11H2,1H3,(H,22,23)/t12?,15-,18+/m0/s1. The molecule has 0 radical (unpaired) electrons. The van der Waals surface area contributed by atoms with Gasteiger partial charge in [-0.15, -0.1) is 0 Å². The summed E-state index contributed by atoms with van der Waals surface area (Å²) in [6, 6.07) is 8.54. The summed E-state index contributed by atoms with van der Waals surface area (Å²) in [6.45, 7) is 3.53. The van der Waals surface area contributed by atoms with Gasteiger partial charge in [0.2, 0.25) is 0 Å². The van der Waals surface area contributed by atoms with Crippen LogP contribution in [0.1, 0.15) is 48.7 Å². The van der Waals surface area contributed by atoms with E-state index in [1.807, 2.05) is 19.1 Å². The number of nitrogens with zero attached hydrogens (tertiary/aromatic N) is 2. The van der Waals surface area contributed by atoms with Gasteiger partial charge in [-0.1, -0.05) is 6.07 Å². The molecule has 2 N–H and O–H groups in total. The monoisotopic (exact) mass is 328 g/mol. The molecule has 0 aliphatic carbocycles. The van der Waals surface area contributed by atoms with Gasteiger partial charge in [0.05, 0.1) is 11.3 Å². The van der Waals surface area contributed by atoms with Crippen LogP contribution in [-0.4, -0.2) is 23.3 Å². The maximum Gasteiger partial charge on any atom is 0.141 e. The number of halogens is 1. The quantitative estimate of drug-likeness (QED) is 0.884. The van der Waals surface area contributed by atoms with E-state index in [2.05, 4.69) is 15.5 Å². The van der Waals surface area contributed by atoms with Crippen LogP contribution in [0.15, 0.2) is 30.5 Å². The minimum Gasteiger partial charge on any atom is -0.372 e. The first-order valence-corrected chi connectivity index (χ1v) is 8.23. The van der Waals surface area contributed by atoms with Gasteiger partial charge in [-0.2, -0.15) is 10.4 Å². The largest absolute Gasteiger partial charge is 0.372 e. The van der Waals surface area contributed by atoms with Crippen LogP contribution < -0.4 is 5.32 Å². The number of H-pyrrole nitrogens is 1. The van der Waals surface area contributed by atoms with Crippen molar-refractivity contribution in [1.82, 2.24) is 15.5 Å². The lowest BCUT2D eigenvalue weighted by Gasteiger charge is -2.32.